The van der Waals surface area contributed by atoms with E-state index in [0.717, 1.165) is 0 Å². The molecule has 0 radical (unpaired) electrons. The Morgan fingerprint density at radius 1 is 1.00 bits per heavy atom. The lowest BCUT2D eigenvalue weighted by molar-refractivity contribution is 0.442. The number of benzene rings is 2. The van der Waals surface area contributed by atoms with Crippen molar-refractivity contribution in [3.63, 3.8) is 0 Å². The molecule has 0 aromatic heterocycles. The van der Waals surface area contributed by atoms with Crippen LogP contribution in [0.25, 0.3) is 10.4 Å². The van der Waals surface area contributed by atoms with Crippen LogP contribution in [0.15, 0.2) is 53.6 Å². The van der Waals surface area contributed by atoms with Crippen LogP contribution in [0.5, 0.6) is 0 Å². The highest BCUT2D eigenvalue weighted by Crippen LogP contribution is 2.37. The maximum atomic E-state index is 13.1. The van der Waals surface area contributed by atoms with Crippen LogP contribution in [0, 0.1) is 11.6 Å². The summed E-state index contributed by atoms with van der Waals surface area (Å²) in [6, 6.07) is 10.5. The minimum Gasteiger partial charge on any atom is -0.327 e. The number of halogens is 2. The molecule has 0 bridgehead atoms. The fourth-order valence-corrected chi connectivity index (χ4v) is 2.38. The lowest BCUT2D eigenvalue weighted by atomic mass is 9.78. The van der Waals surface area contributed by atoms with Crippen LogP contribution >= 0.6 is 0 Å². The summed E-state index contributed by atoms with van der Waals surface area (Å²) in [5.41, 5.74) is 14.8. The molecule has 21 heavy (non-hydrogen) atoms. The van der Waals surface area contributed by atoms with Crippen molar-refractivity contribution in [3.8, 4) is 0 Å². The molecule has 0 saturated heterocycles. The van der Waals surface area contributed by atoms with Gasteiger partial charge in [0.1, 0.15) is 17.2 Å². The second-order valence-electron chi connectivity index (χ2n) is 4.76. The Labute approximate surface area is 120 Å². The van der Waals surface area contributed by atoms with Crippen molar-refractivity contribution in [2.24, 2.45) is 10.8 Å². The van der Waals surface area contributed by atoms with E-state index in [0.29, 0.717) is 11.1 Å². The minimum absolute atomic E-state index is 0.405. The van der Waals surface area contributed by atoms with E-state index in [-0.39, 0.29) is 0 Å². The van der Waals surface area contributed by atoms with E-state index in [1.54, 1.807) is 6.92 Å². The van der Waals surface area contributed by atoms with Crippen molar-refractivity contribution in [3.05, 3.63) is 81.7 Å². The molecule has 0 aliphatic heterocycles. The molecule has 108 valence electrons. The molecule has 0 spiro atoms. The molecule has 0 aliphatic carbocycles. The summed E-state index contributed by atoms with van der Waals surface area (Å²) in [6.45, 7) is 1.68. The predicted octanol–water partition coefficient (Wildman–Crippen LogP) is 3.87. The molecular formula is C15H14F2N4. The van der Waals surface area contributed by atoms with E-state index in [4.69, 9.17) is 11.3 Å². The summed E-state index contributed by atoms with van der Waals surface area (Å²) >= 11 is 0. The molecule has 6 heteroatoms. The Kier molecular flexibility index (Phi) is 4.21. The van der Waals surface area contributed by atoms with Gasteiger partial charge in [-0.25, -0.2) is 8.78 Å². The number of nitrogens with zero attached hydrogens (tertiary/aromatic N) is 3. The SMILES string of the molecule is C[C@@H](N)C(N=[N+]=[N-])(c1ccc(F)cc1)c1ccc(F)cc1. The first kappa shape index (κ1) is 15.0. The van der Waals surface area contributed by atoms with Crippen molar-refractivity contribution in [1.29, 1.82) is 0 Å². The molecule has 0 saturated carbocycles. The van der Waals surface area contributed by atoms with Gasteiger partial charge < -0.3 is 5.73 Å². The number of rotatable bonds is 4. The van der Waals surface area contributed by atoms with Crippen LogP contribution in [0.1, 0.15) is 18.1 Å². The zero-order valence-corrected chi connectivity index (χ0v) is 11.4. The van der Waals surface area contributed by atoms with Crippen molar-refractivity contribution in [1.82, 2.24) is 0 Å². The van der Waals surface area contributed by atoms with Gasteiger partial charge in [0.05, 0.1) is 0 Å². The van der Waals surface area contributed by atoms with Crippen molar-refractivity contribution in [2.75, 3.05) is 0 Å². The zero-order chi connectivity index (χ0) is 15.5. The van der Waals surface area contributed by atoms with Crippen LogP contribution in [-0.2, 0) is 5.54 Å². The molecule has 0 amide bonds. The summed E-state index contributed by atoms with van der Waals surface area (Å²) in [5, 5.41) is 3.87. The molecule has 2 aromatic carbocycles. The topological polar surface area (TPSA) is 74.8 Å². The summed E-state index contributed by atoms with van der Waals surface area (Å²) in [7, 11) is 0. The van der Waals surface area contributed by atoms with E-state index in [9.17, 15) is 8.78 Å². The van der Waals surface area contributed by atoms with Crippen LogP contribution in [0.2, 0.25) is 0 Å². The maximum absolute atomic E-state index is 13.1. The molecule has 2 rings (SSSR count). The first-order valence-corrected chi connectivity index (χ1v) is 6.34. The van der Waals surface area contributed by atoms with Crippen molar-refractivity contribution >= 4 is 0 Å². The maximum Gasteiger partial charge on any atom is 0.123 e. The normalized spacial score (nSPS) is 12.6. The van der Waals surface area contributed by atoms with Gasteiger partial charge in [-0.15, -0.1) is 0 Å². The van der Waals surface area contributed by atoms with Gasteiger partial charge >= 0.3 is 0 Å². The molecule has 4 nitrogen and oxygen atoms in total. The van der Waals surface area contributed by atoms with Gasteiger partial charge in [-0.2, -0.15) is 0 Å². The summed E-state index contributed by atoms with van der Waals surface area (Å²) in [6.07, 6.45) is 0. The monoisotopic (exact) mass is 288 g/mol. The van der Waals surface area contributed by atoms with E-state index in [2.05, 4.69) is 10.0 Å². The lowest BCUT2D eigenvalue weighted by Gasteiger charge is -2.34. The van der Waals surface area contributed by atoms with E-state index in [1.165, 1.54) is 48.5 Å². The van der Waals surface area contributed by atoms with Gasteiger partial charge in [0, 0.05) is 11.0 Å². The Morgan fingerprint density at radius 2 is 1.38 bits per heavy atom. The van der Waals surface area contributed by atoms with Crippen LogP contribution in [0.3, 0.4) is 0 Å². The molecule has 0 aliphatic rings. The average Bonchev–Trinajstić information content (AvgIpc) is 2.46. The Morgan fingerprint density at radius 3 is 1.67 bits per heavy atom. The lowest BCUT2D eigenvalue weighted by Crippen LogP contribution is -2.42. The third-order valence-corrected chi connectivity index (χ3v) is 3.43. The fraction of sp³-hybridized carbons (Fsp3) is 0.200. The van der Waals surface area contributed by atoms with E-state index < -0.39 is 23.2 Å². The minimum atomic E-state index is -1.23. The highest BCUT2D eigenvalue weighted by Gasteiger charge is 2.37. The molecule has 2 N–H and O–H groups in total. The quantitative estimate of drug-likeness (QED) is 0.517. The molecule has 0 fully saturated rings. The number of hydrogen-bond acceptors (Lipinski definition) is 2. The molecular weight excluding hydrogens is 274 g/mol. The Hall–Kier alpha value is -2.43. The molecule has 2 aromatic rings. The van der Waals surface area contributed by atoms with Crippen LogP contribution in [-0.4, -0.2) is 6.04 Å². The fourth-order valence-electron chi connectivity index (χ4n) is 2.38. The highest BCUT2D eigenvalue weighted by molar-refractivity contribution is 5.41. The van der Waals surface area contributed by atoms with Gasteiger partial charge in [-0.1, -0.05) is 29.4 Å². The summed E-state index contributed by atoms with van der Waals surface area (Å²) in [5.74, 6) is -0.810. The van der Waals surface area contributed by atoms with E-state index >= 15 is 0 Å². The van der Waals surface area contributed by atoms with E-state index in [1.807, 2.05) is 0 Å². The second kappa shape index (κ2) is 5.91. The summed E-state index contributed by atoms with van der Waals surface area (Å²) < 4.78 is 26.3. The number of azide groups is 1. The Balaban J connectivity index is 2.71. The number of hydrogen-bond donors (Lipinski definition) is 1. The van der Waals surface area contributed by atoms with Gasteiger partial charge in [0.25, 0.3) is 0 Å². The smallest absolute Gasteiger partial charge is 0.123 e. The Bertz CT molecular complexity index is 614. The molecule has 0 unspecified atom stereocenters. The third kappa shape index (κ3) is 2.72. The first-order chi connectivity index (χ1) is 10.0. The van der Waals surface area contributed by atoms with Gasteiger partial charge in [0.2, 0.25) is 0 Å². The largest absolute Gasteiger partial charge is 0.327 e. The standard InChI is InChI=1S/C15H14F2N4/c1-10(18)15(20-21-19,11-2-6-13(16)7-3-11)12-4-8-14(17)9-5-12/h2-10H,18H2,1H3/t10-/m1/s1. The summed E-state index contributed by atoms with van der Waals surface area (Å²) in [4.78, 5) is 2.88. The van der Waals surface area contributed by atoms with Crippen LogP contribution < -0.4 is 5.73 Å². The predicted molar refractivity (Wildman–Crippen MR) is 76.4 cm³/mol. The molecule has 0 heterocycles. The van der Waals surface area contributed by atoms with Gasteiger partial charge in [0.15, 0.2) is 0 Å². The van der Waals surface area contributed by atoms with Crippen molar-refractivity contribution in [2.45, 2.75) is 18.5 Å². The third-order valence-electron chi connectivity index (χ3n) is 3.43. The average molecular weight is 288 g/mol. The van der Waals surface area contributed by atoms with Gasteiger partial charge in [-0.05, 0) is 47.8 Å². The van der Waals surface area contributed by atoms with Crippen LogP contribution in [0.4, 0.5) is 8.78 Å². The second-order valence-corrected chi connectivity index (χ2v) is 4.76. The molecule has 1 atom stereocenters. The first-order valence-electron chi connectivity index (χ1n) is 6.34. The van der Waals surface area contributed by atoms with Gasteiger partial charge in [-0.3, -0.25) is 0 Å². The zero-order valence-electron chi connectivity index (χ0n) is 11.4. The highest BCUT2D eigenvalue weighted by atomic mass is 19.1. The number of nitrogens with two attached hydrogens (primary N) is 1. The van der Waals surface area contributed by atoms with Crippen molar-refractivity contribution < 1.29 is 8.78 Å².